The number of carbonyl (C=O) groups excluding carboxylic acids is 1. The predicted molar refractivity (Wildman–Crippen MR) is 68.0 cm³/mol. The zero-order chi connectivity index (χ0) is 14.9. The van der Waals surface area contributed by atoms with Gasteiger partial charge in [-0.2, -0.15) is 0 Å². The first-order chi connectivity index (χ1) is 9.45. The quantitative estimate of drug-likeness (QED) is 0.680. The Morgan fingerprint density at radius 3 is 2.65 bits per heavy atom. The highest BCUT2D eigenvalue weighted by Gasteiger charge is 2.22. The second-order valence-corrected chi connectivity index (χ2v) is 3.87. The van der Waals surface area contributed by atoms with Crippen molar-refractivity contribution in [2.75, 3.05) is 6.61 Å². The van der Waals surface area contributed by atoms with Crippen LogP contribution in [0.25, 0.3) is 10.9 Å². The van der Waals surface area contributed by atoms with Crippen LogP contribution < -0.4 is 0 Å². The van der Waals surface area contributed by atoms with E-state index in [1.165, 1.54) is 24.3 Å². The van der Waals surface area contributed by atoms with E-state index in [1.807, 2.05) is 0 Å². The number of carboxylic acids is 1. The van der Waals surface area contributed by atoms with Crippen molar-refractivity contribution in [3.63, 3.8) is 0 Å². The fourth-order valence-corrected chi connectivity index (χ4v) is 1.86. The molecule has 0 bridgehead atoms. The Morgan fingerprint density at radius 1 is 1.40 bits per heavy atom. The number of fused-ring (bicyclic) bond motifs is 1. The molecule has 0 aliphatic carbocycles. The first kappa shape index (κ1) is 13.5. The number of rotatable bonds is 3. The molecule has 20 heavy (non-hydrogen) atoms. The highest BCUT2D eigenvalue weighted by molar-refractivity contribution is 6.01. The Balaban J connectivity index is 2.70. The zero-order valence-electron chi connectivity index (χ0n) is 10.4. The summed E-state index contributed by atoms with van der Waals surface area (Å²) >= 11 is 0. The summed E-state index contributed by atoms with van der Waals surface area (Å²) < 4.78 is 5.67. The molecule has 0 fully saturated rings. The molecule has 1 aromatic carbocycles. The number of aromatic carboxylic acids is 1. The number of aromatic nitrogens is 1. The van der Waals surface area contributed by atoms with Crippen molar-refractivity contribution in [2.24, 2.45) is 0 Å². The Bertz CT molecular complexity index is 718. The van der Waals surface area contributed by atoms with E-state index in [4.69, 9.17) is 9.84 Å². The fraction of sp³-hybridized carbons (Fsp3) is 0.167. The largest absolute Gasteiger partial charge is 0.477 e. The molecule has 0 spiro atoms. The Morgan fingerprint density at radius 2 is 2.10 bits per heavy atom. The molecular formula is C12H10N2O6. The van der Waals surface area contributed by atoms with E-state index in [0.29, 0.717) is 0 Å². The van der Waals surface area contributed by atoms with Crippen LogP contribution >= 0.6 is 0 Å². The first-order valence-corrected chi connectivity index (χ1v) is 5.66. The summed E-state index contributed by atoms with van der Waals surface area (Å²) in [6.45, 7) is 1.68. The third kappa shape index (κ3) is 2.18. The van der Waals surface area contributed by atoms with E-state index >= 15 is 0 Å². The van der Waals surface area contributed by atoms with Crippen LogP contribution in [0, 0.1) is 10.1 Å². The standard InChI is InChI=1S/C12H10N2O6/c1-2-20-12(17)13-9-4-3-8(14(18)19)5-7(9)6-10(13)11(15)16/h3-6H,2H2,1H3,(H,15,16). The average molecular weight is 278 g/mol. The van der Waals surface area contributed by atoms with Crippen molar-refractivity contribution < 1.29 is 24.4 Å². The molecule has 104 valence electrons. The van der Waals surface area contributed by atoms with Crippen molar-refractivity contribution in [3.8, 4) is 0 Å². The van der Waals surface area contributed by atoms with Crippen LogP contribution in [0.15, 0.2) is 24.3 Å². The van der Waals surface area contributed by atoms with E-state index in [-0.39, 0.29) is 28.9 Å². The summed E-state index contributed by atoms with van der Waals surface area (Å²) in [6.07, 6.45) is -0.839. The molecule has 1 N–H and O–H groups in total. The summed E-state index contributed by atoms with van der Waals surface area (Å²) in [6, 6.07) is 4.92. The lowest BCUT2D eigenvalue weighted by Gasteiger charge is -2.06. The van der Waals surface area contributed by atoms with Crippen LogP contribution in [-0.4, -0.2) is 33.3 Å². The van der Waals surface area contributed by atoms with Crippen LogP contribution in [0.5, 0.6) is 0 Å². The molecule has 0 saturated heterocycles. The van der Waals surface area contributed by atoms with Gasteiger partial charge in [0.1, 0.15) is 5.69 Å². The fourth-order valence-electron chi connectivity index (χ4n) is 1.86. The monoisotopic (exact) mass is 278 g/mol. The Kier molecular flexibility index (Phi) is 3.38. The minimum absolute atomic E-state index is 0.0878. The lowest BCUT2D eigenvalue weighted by atomic mass is 10.2. The Hall–Kier alpha value is -2.90. The molecule has 1 aromatic heterocycles. The van der Waals surface area contributed by atoms with E-state index in [0.717, 1.165) is 4.57 Å². The lowest BCUT2D eigenvalue weighted by molar-refractivity contribution is -0.384. The third-order valence-electron chi connectivity index (χ3n) is 2.67. The normalized spacial score (nSPS) is 10.4. The van der Waals surface area contributed by atoms with E-state index < -0.39 is 17.0 Å². The number of non-ortho nitro benzene ring substituents is 1. The molecule has 0 amide bonds. The maximum Gasteiger partial charge on any atom is 0.419 e. The number of carboxylic acid groups (broad SMARTS) is 1. The van der Waals surface area contributed by atoms with Crippen LogP contribution in [0.4, 0.5) is 10.5 Å². The molecule has 0 aliphatic rings. The van der Waals surface area contributed by atoms with Gasteiger partial charge in [-0.3, -0.25) is 10.1 Å². The van der Waals surface area contributed by atoms with E-state index in [9.17, 15) is 19.7 Å². The second kappa shape index (κ2) is 5.00. The number of nitro groups is 1. The van der Waals surface area contributed by atoms with Crippen molar-refractivity contribution in [1.29, 1.82) is 0 Å². The minimum atomic E-state index is -1.32. The summed E-state index contributed by atoms with van der Waals surface area (Å²) in [5.41, 5.74) is -0.249. The number of benzene rings is 1. The maximum atomic E-state index is 11.8. The second-order valence-electron chi connectivity index (χ2n) is 3.87. The van der Waals surface area contributed by atoms with Crippen LogP contribution in [0.1, 0.15) is 17.4 Å². The molecule has 8 nitrogen and oxygen atoms in total. The zero-order valence-corrected chi connectivity index (χ0v) is 10.4. The smallest absolute Gasteiger partial charge is 0.419 e. The van der Waals surface area contributed by atoms with Gasteiger partial charge in [-0.05, 0) is 19.1 Å². The average Bonchev–Trinajstić information content (AvgIpc) is 2.77. The van der Waals surface area contributed by atoms with Crippen molar-refractivity contribution in [2.45, 2.75) is 6.92 Å². The van der Waals surface area contributed by atoms with Gasteiger partial charge in [-0.25, -0.2) is 14.2 Å². The molecule has 0 saturated carbocycles. The van der Waals surface area contributed by atoms with Gasteiger partial charge in [0.05, 0.1) is 17.0 Å². The molecular weight excluding hydrogens is 268 g/mol. The number of hydrogen-bond acceptors (Lipinski definition) is 5. The lowest BCUT2D eigenvalue weighted by Crippen LogP contribution is -2.18. The van der Waals surface area contributed by atoms with Crippen LogP contribution in [0.2, 0.25) is 0 Å². The van der Waals surface area contributed by atoms with Gasteiger partial charge in [0.25, 0.3) is 5.69 Å². The number of nitro benzene ring substituents is 1. The molecule has 0 radical (unpaired) electrons. The van der Waals surface area contributed by atoms with Crippen LogP contribution in [0.3, 0.4) is 0 Å². The summed E-state index contributed by atoms with van der Waals surface area (Å²) in [7, 11) is 0. The topological polar surface area (TPSA) is 112 Å². The van der Waals surface area contributed by atoms with Gasteiger partial charge in [-0.1, -0.05) is 0 Å². The number of carbonyl (C=O) groups is 2. The molecule has 1 heterocycles. The maximum absolute atomic E-state index is 11.8. The Labute approximate surface area is 112 Å². The van der Waals surface area contributed by atoms with Gasteiger partial charge < -0.3 is 9.84 Å². The van der Waals surface area contributed by atoms with Crippen molar-refractivity contribution in [3.05, 3.63) is 40.1 Å². The molecule has 2 rings (SSSR count). The first-order valence-electron chi connectivity index (χ1n) is 5.66. The molecule has 0 atom stereocenters. The van der Waals surface area contributed by atoms with Gasteiger partial charge >= 0.3 is 12.1 Å². The highest BCUT2D eigenvalue weighted by atomic mass is 16.6. The summed E-state index contributed by atoms with van der Waals surface area (Å²) in [5.74, 6) is -1.32. The highest BCUT2D eigenvalue weighted by Crippen LogP contribution is 2.25. The van der Waals surface area contributed by atoms with Crippen LogP contribution in [-0.2, 0) is 4.74 Å². The van der Waals surface area contributed by atoms with Gasteiger partial charge in [-0.15, -0.1) is 0 Å². The molecule has 2 aromatic rings. The number of ether oxygens (including phenoxy) is 1. The van der Waals surface area contributed by atoms with E-state index in [2.05, 4.69) is 0 Å². The van der Waals surface area contributed by atoms with Crippen molar-refractivity contribution >= 4 is 28.7 Å². The third-order valence-corrected chi connectivity index (χ3v) is 2.67. The van der Waals surface area contributed by atoms with Gasteiger partial charge in [0.15, 0.2) is 0 Å². The van der Waals surface area contributed by atoms with E-state index in [1.54, 1.807) is 6.92 Å². The number of hydrogen-bond donors (Lipinski definition) is 1. The van der Waals surface area contributed by atoms with Gasteiger partial charge in [0.2, 0.25) is 0 Å². The van der Waals surface area contributed by atoms with Crippen molar-refractivity contribution in [1.82, 2.24) is 4.57 Å². The molecule has 0 unspecified atom stereocenters. The summed E-state index contributed by atoms with van der Waals surface area (Å²) in [4.78, 5) is 33.1. The van der Waals surface area contributed by atoms with Gasteiger partial charge in [0, 0.05) is 17.5 Å². The molecule has 0 aliphatic heterocycles. The molecule has 8 heteroatoms. The number of nitrogens with zero attached hydrogens (tertiary/aromatic N) is 2. The SMILES string of the molecule is CCOC(=O)n1c(C(=O)O)cc2cc([N+](=O)[O-])ccc21. The summed E-state index contributed by atoms with van der Waals surface area (Å²) in [5, 5.41) is 20.1. The predicted octanol–water partition coefficient (Wildman–Crippen LogP) is 2.25. The minimum Gasteiger partial charge on any atom is -0.477 e.